The highest BCUT2D eigenvalue weighted by Crippen LogP contribution is 2.26. The normalized spacial score (nSPS) is 10.4. The van der Waals surface area contributed by atoms with Crippen molar-refractivity contribution in [2.45, 2.75) is 6.92 Å². The van der Waals surface area contributed by atoms with E-state index >= 15 is 0 Å². The number of carbonyl (C=O) groups is 2. The highest BCUT2D eigenvalue weighted by molar-refractivity contribution is 5.98. The number of ether oxygens (including phenoxy) is 2. The van der Waals surface area contributed by atoms with Crippen LogP contribution in [0, 0.1) is 17.0 Å². The van der Waals surface area contributed by atoms with Gasteiger partial charge in [0.25, 0.3) is 17.5 Å². The van der Waals surface area contributed by atoms with Crippen molar-refractivity contribution in [1.82, 2.24) is 10.7 Å². The first kappa shape index (κ1) is 21.4. The first-order chi connectivity index (χ1) is 13.9. The Labute approximate surface area is 166 Å². The van der Waals surface area contributed by atoms with Crippen LogP contribution in [0.4, 0.5) is 5.69 Å². The molecule has 0 atom stereocenters. The molecule has 2 N–H and O–H groups in total. The lowest BCUT2D eigenvalue weighted by Crippen LogP contribution is -2.35. The summed E-state index contributed by atoms with van der Waals surface area (Å²) in [5, 5.41) is 17.2. The number of hydrazone groups is 1. The van der Waals surface area contributed by atoms with Gasteiger partial charge in [0.05, 0.1) is 31.9 Å². The second kappa shape index (κ2) is 9.83. The molecule has 10 heteroatoms. The smallest absolute Gasteiger partial charge is 0.273 e. The maximum atomic E-state index is 12.2. The number of amides is 2. The first-order valence-corrected chi connectivity index (χ1v) is 8.43. The molecule has 2 rings (SSSR count). The Morgan fingerprint density at radius 1 is 1.17 bits per heavy atom. The average molecular weight is 400 g/mol. The minimum Gasteiger partial charge on any atom is -0.493 e. The second-order valence-corrected chi connectivity index (χ2v) is 5.80. The Morgan fingerprint density at radius 3 is 2.55 bits per heavy atom. The van der Waals surface area contributed by atoms with E-state index in [1.165, 1.54) is 45.6 Å². The molecule has 29 heavy (non-hydrogen) atoms. The molecule has 0 heterocycles. The number of carbonyl (C=O) groups excluding carboxylic acids is 2. The van der Waals surface area contributed by atoms with Gasteiger partial charge in [-0.3, -0.25) is 19.7 Å². The SMILES string of the molecule is COc1ccc(/C=N/NC(=O)CNC(=O)c2cccc([N+](=O)[O-])c2C)cc1OC. The Kier molecular flexibility index (Phi) is 7.24. The molecule has 0 bridgehead atoms. The topological polar surface area (TPSA) is 132 Å². The van der Waals surface area contributed by atoms with Crippen LogP contribution in [0.5, 0.6) is 11.5 Å². The number of nitro groups is 1. The van der Waals surface area contributed by atoms with Crippen molar-refractivity contribution in [3.05, 3.63) is 63.2 Å². The van der Waals surface area contributed by atoms with E-state index in [9.17, 15) is 19.7 Å². The number of methoxy groups -OCH3 is 2. The molecule has 0 spiro atoms. The van der Waals surface area contributed by atoms with Crippen LogP contribution < -0.4 is 20.2 Å². The molecule has 0 radical (unpaired) electrons. The van der Waals surface area contributed by atoms with Crippen molar-refractivity contribution in [1.29, 1.82) is 0 Å². The molecule has 0 unspecified atom stereocenters. The lowest BCUT2D eigenvalue weighted by molar-refractivity contribution is -0.385. The zero-order chi connectivity index (χ0) is 21.4. The third-order valence-corrected chi connectivity index (χ3v) is 3.97. The zero-order valence-electron chi connectivity index (χ0n) is 16.1. The van der Waals surface area contributed by atoms with E-state index < -0.39 is 16.7 Å². The fourth-order valence-electron chi connectivity index (χ4n) is 2.47. The van der Waals surface area contributed by atoms with Crippen LogP contribution in [-0.2, 0) is 4.79 Å². The number of rotatable bonds is 8. The summed E-state index contributed by atoms with van der Waals surface area (Å²) in [6.07, 6.45) is 1.41. The number of hydrogen-bond donors (Lipinski definition) is 2. The molecule has 10 nitrogen and oxygen atoms in total. The monoisotopic (exact) mass is 400 g/mol. The van der Waals surface area contributed by atoms with Crippen LogP contribution in [0.1, 0.15) is 21.5 Å². The number of nitro benzene ring substituents is 1. The van der Waals surface area contributed by atoms with Crippen molar-refractivity contribution in [2.24, 2.45) is 5.10 Å². The predicted octanol–water partition coefficient (Wildman–Crippen LogP) is 1.80. The van der Waals surface area contributed by atoms with Crippen LogP contribution in [0.15, 0.2) is 41.5 Å². The molecule has 152 valence electrons. The Morgan fingerprint density at radius 2 is 1.90 bits per heavy atom. The average Bonchev–Trinajstić information content (AvgIpc) is 2.71. The summed E-state index contributed by atoms with van der Waals surface area (Å²) >= 11 is 0. The highest BCUT2D eigenvalue weighted by atomic mass is 16.6. The summed E-state index contributed by atoms with van der Waals surface area (Å²) in [5.41, 5.74) is 3.13. The van der Waals surface area contributed by atoms with Gasteiger partial charge in [-0.1, -0.05) is 6.07 Å². The minimum absolute atomic E-state index is 0.126. The Bertz CT molecular complexity index is 958. The van der Waals surface area contributed by atoms with E-state index in [1.807, 2.05) is 0 Å². The van der Waals surface area contributed by atoms with Crippen molar-refractivity contribution in [3.63, 3.8) is 0 Å². The molecule has 2 aromatic carbocycles. The largest absolute Gasteiger partial charge is 0.493 e. The summed E-state index contributed by atoms with van der Waals surface area (Å²) in [4.78, 5) is 34.4. The summed E-state index contributed by atoms with van der Waals surface area (Å²) in [5.74, 6) is -0.0708. The second-order valence-electron chi connectivity index (χ2n) is 5.80. The molecular weight excluding hydrogens is 380 g/mol. The molecule has 0 fully saturated rings. The van der Waals surface area contributed by atoms with Crippen molar-refractivity contribution < 1.29 is 24.0 Å². The van der Waals surface area contributed by atoms with E-state index in [0.29, 0.717) is 17.1 Å². The molecule has 0 saturated carbocycles. The number of nitrogens with zero attached hydrogens (tertiary/aromatic N) is 2. The van der Waals surface area contributed by atoms with Crippen molar-refractivity contribution in [2.75, 3.05) is 20.8 Å². The van der Waals surface area contributed by atoms with E-state index in [1.54, 1.807) is 18.2 Å². The summed E-state index contributed by atoms with van der Waals surface area (Å²) in [6.45, 7) is 1.13. The van der Waals surface area contributed by atoms with Crippen LogP contribution in [-0.4, -0.2) is 43.7 Å². The molecule has 2 amide bonds. The van der Waals surface area contributed by atoms with Gasteiger partial charge in [-0.25, -0.2) is 5.43 Å². The van der Waals surface area contributed by atoms with E-state index in [0.717, 1.165) is 0 Å². The summed E-state index contributed by atoms with van der Waals surface area (Å²) < 4.78 is 10.3. The molecule has 2 aromatic rings. The predicted molar refractivity (Wildman–Crippen MR) is 105 cm³/mol. The number of nitrogens with one attached hydrogen (secondary N) is 2. The van der Waals surface area contributed by atoms with Crippen molar-refractivity contribution in [3.8, 4) is 11.5 Å². The maximum Gasteiger partial charge on any atom is 0.273 e. The van der Waals surface area contributed by atoms with Crippen LogP contribution in [0.3, 0.4) is 0 Å². The van der Waals surface area contributed by atoms with Gasteiger partial charge in [0, 0.05) is 17.2 Å². The molecule has 0 aliphatic heterocycles. The van der Waals surface area contributed by atoms with E-state index in [4.69, 9.17) is 9.47 Å². The lowest BCUT2D eigenvalue weighted by atomic mass is 10.1. The van der Waals surface area contributed by atoms with Gasteiger partial charge in [0.2, 0.25) is 0 Å². The van der Waals surface area contributed by atoms with Gasteiger partial charge >= 0.3 is 0 Å². The third-order valence-electron chi connectivity index (χ3n) is 3.97. The van der Waals surface area contributed by atoms with Gasteiger partial charge in [-0.05, 0) is 36.8 Å². The first-order valence-electron chi connectivity index (χ1n) is 8.43. The molecule has 0 aliphatic rings. The van der Waals surface area contributed by atoms with Crippen LogP contribution in [0.25, 0.3) is 0 Å². The Balaban J connectivity index is 1.92. The highest BCUT2D eigenvalue weighted by Gasteiger charge is 2.18. The number of benzene rings is 2. The van der Waals surface area contributed by atoms with Crippen LogP contribution >= 0.6 is 0 Å². The van der Waals surface area contributed by atoms with E-state index in [2.05, 4.69) is 15.8 Å². The van der Waals surface area contributed by atoms with Crippen molar-refractivity contribution >= 4 is 23.7 Å². The fraction of sp³-hybridized carbons (Fsp3) is 0.211. The zero-order valence-corrected chi connectivity index (χ0v) is 16.1. The maximum absolute atomic E-state index is 12.2. The van der Waals surface area contributed by atoms with E-state index in [-0.39, 0.29) is 23.4 Å². The molecule has 0 aliphatic carbocycles. The molecule has 0 saturated heterocycles. The fourth-order valence-corrected chi connectivity index (χ4v) is 2.47. The third kappa shape index (κ3) is 5.51. The van der Waals surface area contributed by atoms with Gasteiger partial charge in [-0.15, -0.1) is 0 Å². The number of hydrogen-bond acceptors (Lipinski definition) is 7. The van der Waals surface area contributed by atoms with Crippen LogP contribution in [0.2, 0.25) is 0 Å². The standard InChI is InChI=1S/C19H20N4O6/c1-12-14(5-4-6-15(12)23(26)27)19(25)20-11-18(24)22-21-10-13-7-8-16(28-2)17(9-13)29-3/h4-10H,11H2,1-3H3,(H,20,25)(H,22,24)/b21-10+. The minimum atomic E-state index is -0.592. The summed E-state index contributed by atoms with van der Waals surface area (Å²) in [6, 6.07) is 9.27. The summed E-state index contributed by atoms with van der Waals surface area (Å²) in [7, 11) is 3.03. The molecule has 0 aromatic heterocycles. The Hall–Kier alpha value is -3.95. The quantitative estimate of drug-likeness (QED) is 0.394. The molecular formula is C19H20N4O6. The van der Waals surface area contributed by atoms with Gasteiger partial charge in [0.1, 0.15) is 0 Å². The van der Waals surface area contributed by atoms with Gasteiger partial charge in [0.15, 0.2) is 11.5 Å². The van der Waals surface area contributed by atoms with Gasteiger partial charge in [-0.2, -0.15) is 5.10 Å². The van der Waals surface area contributed by atoms with Gasteiger partial charge < -0.3 is 14.8 Å². The lowest BCUT2D eigenvalue weighted by Gasteiger charge is -2.08.